The van der Waals surface area contributed by atoms with Crippen molar-refractivity contribution in [3.05, 3.63) is 52.1 Å². The van der Waals surface area contributed by atoms with Crippen LogP contribution in [0, 0.1) is 20.8 Å². The maximum Gasteiger partial charge on any atom is 0.308 e. The first kappa shape index (κ1) is 55.7. The number of nitrogens with two attached hydrogens (primary N) is 1. The van der Waals surface area contributed by atoms with Gasteiger partial charge in [0.15, 0.2) is 0 Å². The third-order valence-electron chi connectivity index (χ3n) is 11.4. The molecule has 4 atom stereocenters. The van der Waals surface area contributed by atoms with Gasteiger partial charge in [0.1, 0.15) is 52.5 Å². The van der Waals surface area contributed by atoms with Crippen LogP contribution >= 0.6 is 0 Å². The largest absolute Gasteiger partial charge is 0.488 e. The SMILES string of the molecule is CCCCC[C@H]1NC(=O)[C@H](Cc2ccc(OC(C)(C)C)cc2)NC(=O)[C@@H](CC(=O)OC(C)(C)C)NC(=O)CNC(=O)[C@@H](CCCN=C(N)NS(=O)(=O)c2c(C)c(C)c3c(c2C)CC(C)(C)O3)NC1=O. The monoisotopic (exact) mass is 983 g/mol. The summed E-state index contributed by atoms with van der Waals surface area (Å²) in [7, 11) is -4.20. The molecule has 20 heteroatoms. The Morgan fingerprint density at radius 2 is 1.38 bits per heavy atom. The fourth-order valence-corrected chi connectivity index (χ4v) is 9.63. The molecule has 19 nitrogen and oxygen atoms in total. The van der Waals surface area contributed by atoms with Gasteiger partial charge in [0, 0.05) is 24.9 Å². The predicted molar refractivity (Wildman–Crippen MR) is 261 cm³/mol. The Balaban J connectivity index is 1.60. The molecule has 0 aromatic heterocycles. The average Bonchev–Trinajstić information content (AvgIpc) is 3.56. The highest BCUT2D eigenvalue weighted by molar-refractivity contribution is 7.90. The van der Waals surface area contributed by atoms with Crippen LogP contribution in [0.2, 0.25) is 0 Å². The maximum atomic E-state index is 14.3. The van der Waals surface area contributed by atoms with Crippen molar-refractivity contribution in [3.8, 4) is 11.5 Å². The van der Waals surface area contributed by atoms with Crippen molar-refractivity contribution in [3.63, 3.8) is 0 Å². The van der Waals surface area contributed by atoms with Gasteiger partial charge in [-0.15, -0.1) is 0 Å². The fourth-order valence-electron chi connectivity index (χ4n) is 8.10. The van der Waals surface area contributed by atoms with Crippen LogP contribution in [-0.2, 0) is 56.4 Å². The first-order valence-electron chi connectivity index (χ1n) is 23.6. The number of ether oxygens (including phenoxy) is 3. The molecule has 0 unspecified atom stereocenters. The highest BCUT2D eigenvalue weighted by atomic mass is 32.2. The average molecular weight is 983 g/mol. The molecule has 382 valence electrons. The van der Waals surface area contributed by atoms with E-state index in [1.165, 1.54) is 0 Å². The number of hydrogen-bond acceptors (Lipinski definition) is 12. The van der Waals surface area contributed by atoms with Crippen LogP contribution in [0.3, 0.4) is 0 Å². The van der Waals surface area contributed by atoms with Crippen molar-refractivity contribution in [1.82, 2.24) is 31.3 Å². The van der Waals surface area contributed by atoms with E-state index in [1.807, 2.05) is 48.5 Å². The second kappa shape index (κ2) is 23.1. The van der Waals surface area contributed by atoms with Crippen LogP contribution in [0.5, 0.6) is 11.5 Å². The Labute approximate surface area is 407 Å². The number of fused-ring (bicyclic) bond motifs is 1. The predicted octanol–water partition coefficient (Wildman–Crippen LogP) is 3.50. The Hall–Kier alpha value is -5.92. The summed E-state index contributed by atoms with van der Waals surface area (Å²) in [5.41, 5.74) is 7.45. The highest BCUT2D eigenvalue weighted by Crippen LogP contribution is 2.43. The third kappa shape index (κ3) is 16.6. The van der Waals surface area contributed by atoms with Crippen LogP contribution in [0.4, 0.5) is 0 Å². The van der Waals surface area contributed by atoms with E-state index < -0.39 is 99.5 Å². The van der Waals surface area contributed by atoms with Crippen LogP contribution in [-0.4, -0.2) is 104 Å². The van der Waals surface area contributed by atoms with Crippen molar-refractivity contribution >= 4 is 51.5 Å². The molecule has 2 aliphatic rings. The van der Waals surface area contributed by atoms with E-state index in [-0.39, 0.29) is 43.1 Å². The number of guanidine groups is 1. The van der Waals surface area contributed by atoms with Gasteiger partial charge in [-0.25, -0.2) is 13.1 Å². The molecule has 0 aliphatic carbocycles. The molecule has 1 fully saturated rings. The molecule has 0 radical (unpaired) electrons. The number of aliphatic imine (C=N–C) groups is 1. The van der Waals surface area contributed by atoms with E-state index in [4.69, 9.17) is 19.9 Å². The molecule has 1 saturated heterocycles. The molecule has 2 heterocycles. The summed E-state index contributed by atoms with van der Waals surface area (Å²) >= 11 is 0. The molecule has 0 spiro atoms. The quantitative estimate of drug-likeness (QED) is 0.0585. The molecule has 5 amide bonds. The molecule has 8 N–H and O–H groups in total. The van der Waals surface area contributed by atoms with Crippen molar-refractivity contribution in [2.45, 2.75) is 187 Å². The van der Waals surface area contributed by atoms with Crippen molar-refractivity contribution < 1.29 is 51.4 Å². The van der Waals surface area contributed by atoms with Crippen molar-refractivity contribution in [1.29, 1.82) is 0 Å². The summed E-state index contributed by atoms with van der Waals surface area (Å²) in [6, 6.07) is 1.71. The normalized spacial score (nSPS) is 20.7. The molecule has 2 aromatic carbocycles. The third-order valence-corrected chi connectivity index (χ3v) is 13.0. The number of benzene rings is 2. The lowest BCUT2D eigenvalue weighted by Gasteiger charge is -2.26. The standard InChI is InChI=1S/C49H74N8O11S/c1-13-14-15-17-35-43(61)54-34(18-16-23-51-46(50)57-69(64,65)41-29(3)28(2)40-33(30(41)4)26-49(11,12)68-40)42(60)52-27-38(58)53-37(25-39(59)67-48(8,9)10)45(63)56-36(44(62)55-35)24-31-19-21-32(22-20-31)66-47(5,6)7/h19-22,34-37H,13-18,23-27H2,1-12H3,(H,52,60)(H,53,58)(H,54,61)(H,55,62)(H,56,63)(H3,50,51,57)/t34-,35-,36+,37-/m1/s1. The molecule has 0 bridgehead atoms. The summed E-state index contributed by atoms with van der Waals surface area (Å²) in [5.74, 6) is -3.82. The Morgan fingerprint density at radius 1 is 0.797 bits per heavy atom. The highest BCUT2D eigenvalue weighted by Gasteiger charge is 2.38. The lowest BCUT2D eigenvalue weighted by molar-refractivity contribution is -0.156. The summed E-state index contributed by atoms with van der Waals surface area (Å²) in [4.78, 5) is 87.0. The zero-order valence-corrected chi connectivity index (χ0v) is 43.1. The summed E-state index contributed by atoms with van der Waals surface area (Å²) in [5, 5.41) is 13.2. The van der Waals surface area contributed by atoms with Crippen LogP contribution in [0.15, 0.2) is 34.2 Å². The number of hydrogen-bond donors (Lipinski definition) is 7. The maximum absolute atomic E-state index is 14.3. The van der Waals surface area contributed by atoms with Gasteiger partial charge < -0.3 is 46.5 Å². The zero-order chi connectivity index (χ0) is 51.6. The fraction of sp³-hybridized carbons (Fsp3) is 0.612. The minimum absolute atomic E-state index is 0.0464. The molecule has 4 rings (SSSR count). The van der Waals surface area contributed by atoms with Crippen molar-refractivity contribution in [2.24, 2.45) is 10.7 Å². The summed E-state index contributed by atoms with van der Waals surface area (Å²) in [6.07, 6.45) is 2.20. The van der Waals surface area contributed by atoms with Gasteiger partial charge in [0.05, 0.1) is 17.9 Å². The number of esters is 1. The summed E-state index contributed by atoms with van der Waals surface area (Å²) in [6.45, 7) is 21.0. The molecular weight excluding hydrogens is 909 g/mol. The Bertz CT molecular complexity index is 2370. The van der Waals surface area contributed by atoms with E-state index >= 15 is 0 Å². The van der Waals surface area contributed by atoms with Gasteiger partial charge in [0.25, 0.3) is 10.0 Å². The molecule has 2 aliphatic heterocycles. The number of nitrogens with zero attached hydrogens (tertiary/aromatic N) is 1. The number of carbonyl (C=O) groups is 6. The molecule has 0 saturated carbocycles. The number of sulfonamides is 1. The van der Waals surface area contributed by atoms with Gasteiger partial charge in [-0.05, 0) is 130 Å². The number of nitrogens with one attached hydrogen (secondary N) is 6. The first-order valence-corrected chi connectivity index (χ1v) is 25.1. The molecular formula is C49H74N8O11S. The van der Waals surface area contributed by atoms with E-state index in [0.717, 1.165) is 18.4 Å². The van der Waals surface area contributed by atoms with Crippen molar-refractivity contribution in [2.75, 3.05) is 13.1 Å². The second-order valence-electron chi connectivity index (χ2n) is 20.4. The minimum atomic E-state index is -4.20. The number of rotatable bonds is 15. The zero-order valence-electron chi connectivity index (χ0n) is 42.3. The van der Waals surface area contributed by atoms with Crippen LogP contribution in [0.1, 0.15) is 135 Å². The summed E-state index contributed by atoms with van der Waals surface area (Å²) < 4.78 is 47.4. The van der Waals surface area contributed by atoms with E-state index in [2.05, 4.69) is 36.3 Å². The number of carbonyl (C=O) groups excluding carboxylic acids is 6. The van der Waals surface area contributed by atoms with Crippen LogP contribution in [0.25, 0.3) is 0 Å². The molecule has 2 aromatic rings. The Kier molecular flexibility index (Phi) is 18.7. The first-order chi connectivity index (χ1) is 32.0. The van der Waals surface area contributed by atoms with Gasteiger partial charge >= 0.3 is 5.97 Å². The van der Waals surface area contributed by atoms with Gasteiger partial charge in [-0.2, -0.15) is 0 Å². The van der Waals surface area contributed by atoms with E-state index in [9.17, 15) is 37.2 Å². The van der Waals surface area contributed by atoms with Gasteiger partial charge in [-0.1, -0.05) is 38.3 Å². The lowest BCUT2D eigenvalue weighted by atomic mass is 9.94. The topological polar surface area (TPSA) is 275 Å². The Morgan fingerprint density at radius 3 is 1.99 bits per heavy atom. The molecule has 69 heavy (non-hydrogen) atoms. The van der Waals surface area contributed by atoms with E-state index in [1.54, 1.807) is 58.9 Å². The minimum Gasteiger partial charge on any atom is -0.488 e. The van der Waals surface area contributed by atoms with E-state index in [0.29, 0.717) is 46.6 Å². The van der Waals surface area contributed by atoms with Gasteiger partial charge in [-0.3, -0.25) is 33.8 Å². The lowest BCUT2D eigenvalue weighted by Crippen LogP contribution is -2.58. The number of unbranched alkanes of at least 4 members (excludes halogenated alkanes) is 2. The van der Waals surface area contributed by atoms with Crippen LogP contribution < -0.4 is 46.5 Å². The van der Waals surface area contributed by atoms with Gasteiger partial charge in [0.2, 0.25) is 35.5 Å². The second-order valence-corrected chi connectivity index (χ2v) is 22.1. The number of amides is 5. The smallest absolute Gasteiger partial charge is 0.308 e.